The van der Waals surface area contributed by atoms with E-state index in [1.54, 1.807) is 0 Å². The van der Waals surface area contributed by atoms with Crippen LogP contribution in [0.25, 0.3) is 5.65 Å². The molecule has 0 amide bonds. The van der Waals surface area contributed by atoms with Crippen molar-refractivity contribution < 1.29 is 0 Å². The molecule has 1 aromatic carbocycles. The Bertz CT molecular complexity index is 834. The van der Waals surface area contributed by atoms with E-state index in [1.807, 2.05) is 37.6 Å². The number of aryl methyl sites for hydroxylation is 1. The van der Waals surface area contributed by atoms with Crippen molar-refractivity contribution >= 4 is 22.9 Å². The zero-order chi connectivity index (χ0) is 16.5. The maximum absolute atomic E-state index is 5.97. The van der Waals surface area contributed by atoms with E-state index in [0.717, 1.165) is 49.1 Å². The first-order valence-corrected chi connectivity index (χ1v) is 8.58. The molecule has 0 saturated carbocycles. The fourth-order valence-corrected chi connectivity index (χ4v) is 3.31. The van der Waals surface area contributed by atoms with Crippen molar-refractivity contribution in [3.05, 3.63) is 59.3 Å². The molecule has 5 nitrogen and oxygen atoms in total. The molecule has 1 aliphatic rings. The Morgan fingerprint density at radius 2 is 1.79 bits per heavy atom. The minimum atomic E-state index is 0.786. The standard InChI is InChI=1S/C18H20ClN5/c1-14-10-18-20-11-17(24(18)13-21-14)12-22-6-8-23(9-7-22)16-4-2-15(19)3-5-16/h2-5,10-11,13H,6-9,12H2,1H3. The number of hydrogen-bond acceptors (Lipinski definition) is 4. The quantitative estimate of drug-likeness (QED) is 0.734. The average Bonchev–Trinajstić information content (AvgIpc) is 2.98. The normalized spacial score (nSPS) is 16.0. The molecule has 3 aromatic rings. The van der Waals surface area contributed by atoms with Crippen molar-refractivity contribution in [3.8, 4) is 0 Å². The molecule has 2 aromatic heterocycles. The molecule has 0 spiro atoms. The minimum absolute atomic E-state index is 0.786. The Hall–Kier alpha value is -2.11. The van der Waals surface area contributed by atoms with Gasteiger partial charge in [-0.1, -0.05) is 11.6 Å². The van der Waals surface area contributed by atoms with E-state index in [4.69, 9.17) is 11.6 Å². The molecule has 1 aliphatic heterocycles. The van der Waals surface area contributed by atoms with Crippen molar-refractivity contribution in [2.45, 2.75) is 13.5 Å². The first kappa shape index (κ1) is 15.4. The largest absolute Gasteiger partial charge is 0.369 e. The smallest absolute Gasteiger partial charge is 0.139 e. The summed E-state index contributed by atoms with van der Waals surface area (Å²) in [7, 11) is 0. The number of hydrogen-bond donors (Lipinski definition) is 0. The van der Waals surface area contributed by atoms with Crippen LogP contribution in [0.15, 0.2) is 42.9 Å². The number of halogens is 1. The zero-order valence-corrected chi connectivity index (χ0v) is 14.4. The summed E-state index contributed by atoms with van der Waals surface area (Å²) in [6.07, 6.45) is 3.83. The summed E-state index contributed by atoms with van der Waals surface area (Å²) in [6, 6.07) is 10.1. The number of anilines is 1. The van der Waals surface area contributed by atoms with Crippen LogP contribution in [0.1, 0.15) is 11.4 Å². The van der Waals surface area contributed by atoms with Crippen molar-refractivity contribution in [3.63, 3.8) is 0 Å². The van der Waals surface area contributed by atoms with Gasteiger partial charge in [-0.15, -0.1) is 0 Å². The molecule has 3 heterocycles. The second kappa shape index (κ2) is 6.42. The van der Waals surface area contributed by atoms with Gasteiger partial charge in [0.25, 0.3) is 0 Å². The molecule has 0 atom stereocenters. The predicted octanol–water partition coefficient (Wildman–Crippen LogP) is 3.01. The van der Waals surface area contributed by atoms with Gasteiger partial charge in [-0.05, 0) is 31.2 Å². The topological polar surface area (TPSA) is 36.7 Å². The number of nitrogens with zero attached hydrogens (tertiary/aromatic N) is 5. The zero-order valence-electron chi connectivity index (χ0n) is 13.7. The van der Waals surface area contributed by atoms with Crippen LogP contribution in [-0.4, -0.2) is 45.4 Å². The van der Waals surface area contributed by atoms with Crippen molar-refractivity contribution in [1.82, 2.24) is 19.3 Å². The molecule has 0 bridgehead atoms. The van der Waals surface area contributed by atoms with E-state index in [2.05, 4.69) is 36.3 Å². The monoisotopic (exact) mass is 341 g/mol. The van der Waals surface area contributed by atoms with E-state index in [9.17, 15) is 0 Å². The van der Waals surface area contributed by atoms with E-state index in [0.29, 0.717) is 0 Å². The van der Waals surface area contributed by atoms with Gasteiger partial charge in [-0.3, -0.25) is 9.30 Å². The molecule has 0 radical (unpaired) electrons. The summed E-state index contributed by atoms with van der Waals surface area (Å²) in [5, 5.41) is 0.786. The van der Waals surface area contributed by atoms with Crippen LogP contribution in [-0.2, 0) is 6.54 Å². The fraction of sp³-hybridized carbons (Fsp3) is 0.333. The van der Waals surface area contributed by atoms with Gasteiger partial charge in [-0.25, -0.2) is 9.97 Å². The van der Waals surface area contributed by atoms with Gasteiger partial charge in [0.2, 0.25) is 0 Å². The summed E-state index contributed by atoms with van der Waals surface area (Å²) in [5.41, 5.74) is 4.40. The Balaban J connectivity index is 1.41. The number of piperazine rings is 1. The second-order valence-electron chi connectivity index (χ2n) is 6.25. The van der Waals surface area contributed by atoms with Gasteiger partial charge in [0, 0.05) is 55.2 Å². The highest BCUT2D eigenvalue weighted by Crippen LogP contribution is 2.20. The number of imidazole rings is 1. The average molecular weight is 342 g/mol. The van der Waals surface area contributed by atoms with Crippen molar-refractivity contribution in [1.29, 1.82) is 0 Å². The summed E-state index contributed by atoms with van der Waals surface area (Å²) >= 11 is 5.97. The first-order valence-electron chi connectivity index (χ1n) is 8.20. The van der Waals surface area contributed by atoms with Gasteiger partial charge >= 0.3 is 0 Å². The number of benzene rings is 1. The van der Waals surface area contributed by atoms with Crippen LogP contribution < -0.4 is 4.90 Å². The summed E-state index contributed by atoms with van der Waals surface area (Å²) in [4.78, 5) is 13.7. The fourth-order valence-electron chi connectivity index (χ4n) is 3.19. The van der Waals surface area contributed by atoms with Crippen LogP contribution in [0.4, 0.5) is 5.69 Å². The third kappa shape index (κ3) is 3.09. The predicted molar refractivity (Wildman–Crippen MR) is 96.7 cm³/mol. The maximum Gasteiger partial charge on any atom is 0.139 e. The molecule has 0 N–H and O–H groups in total. The Labute approximate surface area is 146 Å². The van der Waals surface area contributed by atoms with Crippen LogP contribution >= 0.6 is 11.6 Å². The van der Waals surface area contributed by atoms with E-state index in [-0.39, 0.29) is 0 Å². The molecule has 4 rings (SSSR count). The van der Waals surface area contributed by atoms with Crippen LogP contribution in [0.3, 0.4) is 0 Å². The second-order valence-corrected chi connectivity index (χ2v) is 6.68. The lowest BCUT2D eigenvalue weighted by atomic mass is 10.2. The molecule has 0 unspecified atom stereocenters. The molecule has 0 aliphatic carbocycles. The van der Waals surface area contributed by atoms with Crippen LogP contribution in [0, 0.1) is 6.92 Å². The highest BCUT2D eigenvalue weighted by Gasteiger charge is 2.18. The van der Waals surface area contributed by atoms with E-state index < -0.39 is 0 Å². The summed E-state index contributed by atoms with van der Waals surface area (Å²) < 4.78 is 2.08. The van der Waals surface area contributed by atoms with Crippen LogP contribution in [0.2, 0.25) is 5.02 Å². The number of aromatic nitrogens is 3. The lowest BCUT2D eigenvalue weighted by Gasteiger charge is -2.36. The maximum atomic E-state index is 5.97. The third-order valence-electron chi connectivity index (χ3n) is 4.57. The van der Waals surface area contributed by atoms with Gasteiger partial charge in [0.1, 0.15) is 12.0 Å². The molecule has 124 valence electrons. The molecular weight excluding hydrogens is 322 g/mol. The lowest BCUT2D eigenvalue weighted by Crippen LogP contribution is -2.46. The van der Waals surface area contributed by atoms with Crippen molar-refractivity contribution in [2.75, 3.05) is 31.1 Å². The Morgan fingerprint density at radius 3 is 2.54 bits per heavy atom. The SMILES string of the molecule is Cc1cc2ncc(CN3CCN(c4ccc(Cl)cc4)CC3)n2cn1. The Morgan fingerprint density at radius 1 is 1.04 bits per heavy atom. The van der Waals surface area contributed by atoms with Crippen LogP contribution in [0.5, 0.6) is 0 Å². The number of rotatable bonds is 3. The summed E-state index contributed by atoms with van der Waals surface area (Å²) in [6.45, 7) is 7.01. The molecule has 1 fully saturated rings. The van der Waals surface area contributed by atoms with Crippen molar-refractivity contribution in [2.24, 2.45) is 0 Å². The minimum Gasteiger partial charge on any atom is -0.369 e. The van der Waals surface area contributed by atoms with Gasteiger partial charge in [-0.2, -0.15) is 0 Å². The molecule has 1 saturated heterocycles. The molecule has 6 heteroatoms. The lowest BCUT2D eigenvalue weighted by molar-refractivity contribution is 0.246. The van der Waals surface area contributed by atoms with E-state index in [1.165, 1.54) is 11.4 Å². The third-order valence-corrected chi connectivity index (χ3v) is 4.82. The van der Waals surface area contributed by atoms with Gasteiger partial charge < -0.3 is 4.90 Å². The van der Waals surface area contributed by atoms with Gasteiger partial charge in [0.05, 0.1) is 11.9 Å². The summed E-state index contributed by atoms with van der Waals surface area (Å²) in [5.74, 6) is 0. The molecular formula is C18H20ClN5. The highest BCUT2D eigenvalue weighted by atomic mass is 35.5. The Kier molecular flexibility index (Phi) is 4.12. The highest BCUT2D eigenvalue weighted by molar-refractivity contribution is 6.30. The number of fused-ring (bicyclic) bond motifs is 1. The van der Waals surface area contributed by atoms with Gasteiger partial charge in [0.15, 0.2) is 0 Å². The molecule has 24 heavy (non-hydrogen) atoms. The van der Waals surface area contributed by atoms with E-state index >= 15 is 0 Å². The first-order chi connectivity index (χ1) is 11.7.